The van der Waals surface area contributed by atoms with E-state index in [1.54, 1.807) is 0 Å². The predicted molar refractivity (Wildman–Crippen MR) is 102 cm³/mol. The maximum atomic E-state index is 10.1. The molecule has 1 fully saturated rings. The second-order valence-corrected chi connectivity index (χ2v) is 7.49. The minimum atomic E-state index is -0.432. The van der Waals surface area contributed by atoms with Gasteiger partial charge in [0.2, 0.25) is 0 Å². The van der Waals surface area contributed by atoms with Gasteiger partial charge in [0.15, 0.2) is 0 Å². The molecule has 1 atom stereocenters. The van der Waals surface area contributed by atoms with Crippen LogP contribution in [-0.2, 0) is 5.41 Å². The number of nitrogens with zero attached hydrogens (tertiary/aromatic N) is 1. The van der Waals surface area contributed by atoms with Crippen LogP contribution in [-0.4, -0.2) is 42.4 Å². The van der Waals surface area contributed by atoms with Gasteiger partial charge >= 0.3 is 0 Å². The van der Waals surface area contributed by atoms with Gasteiger partial charge in [0, 0.05) is 12.0 Å². The van der Waals surface area contributed by atoms with E-state index < -0.39 is 6.10 Å². The van der Waals surface area contributed by atoms with E-state index in [2.05, 4.69) is 55.1 Å². The average molecular weight is 339 g/mol. The van der Waals surface area contributed by atoms with Gasteiger partial charge in [-0.2, -0.15) is 0 Å². The first-order chi connectivity index (χ1) is 12.1. The second kappa shape index (κ2) is 8.03. The largest absolute Gasteiger partial charge is 0.491 e. The van der Waals surface area contributed by atoms with Crippen LogP contribution in [0.1, 0.15) is 37.8 Å². The fraction of sp³-hybridized carbons (Fsp3) is 0.455. The van der Waals surface area contributed by atoms with Crippen molar-refractivity contribution >= 4 is 0 Å². The van der Waals surface area contributed by atoms with Crippen molar-refractivity contribution < 1.29 is 9.84 Å². The summed E-state index contributed by atoms with van der Waals surface area (Å²) in [4.78, 5) is 2.31. The molecule has 3 nitrogen and oxygen atoms in total. The molecule has 0 unspecified atom stereocenters. The van der Waals surface area contributed by atoms with Gasteiger partial charge < -0.3 is 14.7 Å². The number of benzene rings is 2. The fourth-order valence-corrected chi connectivity index (χ4v) is 3.50. The van der Waals surface area contributed by atoms with E-state index in [4.69, 9.17) is 4.74 Å². The number of rotatable bonds is 7. The quantitative estimate of drug-likeness (QED) is 0.832. The lowest BCUT2D eigenvalue weighted by Gasteiger charge is -2.26. The van der Waals surface area contributed by atoms with E-state index in [1.165, 1.54) is 24.0 Å². The zero-order valence-electron chi connectivity index (χ0n) is 15.3. The molecule has 3 heteroatoms. The Morgan fingerprint density at radius 3 is 2.20 bits per heavy atom. The van der Waals surface area contributed by atoms with Gasteiger partial charge in [0.1, 0.15) is 18.5 Å². The number of hydrogen-bond donors (Lipinski definition) is 1. The average Bonchev–Trinajstić information content (AvgIpc) is 3.14. The van der Waals surface area contributed by atoms with Gasteiger partial charge in [-0.05, 0) is 49.2 Å². The van der Waals surface area contributed by atoms with Crippen LogP contribution in [0.4, 0.5) is 0 Å². The number of β-amino-alcohol motifs (C(OH)–C–C–N with tert-alkyl or cyclic N) is 1. The number of aliphatic hydroxyl groups is 1. The van der Waals surface area contributed by atoms with E-state index in [1.807, 2.05) is 18.2 Å². The van der Waals surface area contributed by atoms with Gasteiger partial charge in [-0.3, -0.25) is 0 Å². The number of likely N-dealkylation sites (tertiary alicyclic amines) is 1. The van der Waals surface area contributed by atoms with Crippen LogP contribution >= 0.6 is 0 Å². The van der Waals surface area contributed by atoms with Gasteiger partial charge in [0.05, 0.1) is 0 Å². The first-order valence-corrected chi connectivity index (χ1v) is 9.25. The summed E-state index contributed by atoms with van der Waals surface area (Å²) in [5.74, 6) is 0.813. The first-order valence-electron chi connectivity index (χ1n) is 9.25. The Kier molecular flexibility index (Phi) is 5.77. The van der Waals surface area contributed by atoms with E-state index in [9.17, 15) is 5.11 Å². The molecule has 0 spiro atoms. The first kappa shape index (κ1) is 18.0. The van der Waals surface area contributed by atoms with Crippen LogP contribution in [0.3, 0.4) is 0 Å². The van der Waals surface area contributed by atoms with Gasteiger partial charge in [0.25, 0.3) is 0 Å². The van der Waals surface area contributed by atoms with E-state index in [-0.39, 0.29) is 5.41 Å². The van der Waals surface area contributed by atoms with Crippen LogP contribution < -0.4 is 4.74 Å². The molecule has 1 aliphatic rings. The molecule has 134 valence electrons. The summed E-state index contributed by atoms with van der Waals surface area (Å²) in [6, 6.07) is 18.8. The molecule has 0 radical (unpaired) electrons. The van der Waals surface area contributed by atoms with E-state index in [0.29, 0.717) is 13.2 Å². The highest BCUT2D eigenvalue weighted by molar-refractivity contribution is 5.39. The van der Waals surface area contributed by atoms with Crippen LogP contribution in [0, 0.1) is 0 Å². The number of ether oxygens (including phenoxy) is 1. The third kappa shape index (κ3) is 4.62. The molecule has 1 saturated heterocycles. The third-order valence-corrected chi connectivity index (χ3v) is 5.18. The Morgan fingerprint density at radius 1 is 0.960 bits per heavy atom. The summed E-state index contributed by atoms with van der Waals surface area (Å²) < 4.78 is 5.77. The van der Waals surface area contributed by atoms with Gasteiger partial charge in [-0.25, -0.2) is 0 Å². The van der Waals surface area contributed by atoms with Crippen LogP contribution in [0.25, 0.3) is 0 Å². The monoisotopic (exact) mass is 339 g/mol. The van der Waals surface area contributed by atoms with Crippen molar-refractivity contribution in [3.63, 3.8) is 0 Å². The summed E-state index contributed by atoms with van der Waals surface area (Å²) >= 11 is 0. The van der Waals surface area contributed by atoms with Crippen molar-refractivity contribution in [3.8, 4) is 5.75 Å². The molecule has 25 heavy (non-hydrogen) atoms. The molecule has 1 heterocycles. The molecule has 0 amide bonds. The maximum Gasteiger partial charge on any atom is 0.119 e. The Bertz CT molecular complexity index is 645. The highest BCUT2D eigenvalue weighted by Gasteiger charge is 2.22. The minimum Gasteiger partial charge on any atom is -0.491 e. The van der Waals surface area contributed by atoms with Crippen molar-refractivity contribution in [2.24, 2.45) is 0 Å². The highest BCUT2D eigenvalue weighted by atomic mass is 16.5. The number of hydrogen-bond acceptors (Lipinski definition) is 3. The summed E-state index contributed by atoms with van der Waals surface area (Å²) in [6.07, 6.45) is 2.05. The lowest BCUT2D eigenvalue weighted by atomic mass is 9.78. The van der Waals surface area contributed by atoms with E-state index >= 15 is 0 Å². The van der Waals surface area contributed by atoms with Crippen molar-refractivity contribution in [1.82, 2.24) is 4.90 Å². The summed E-state index contributed by atoms with van der Waals surface area (Å²) in [5.41, 5.74) is 2.50. The molecule has 1 N–H and O–H groups in total. The zero-order chi connectivity index (χ0) is 17.7. The zero-order valence-corrected chi connectivity index (χ0v) is 15.3. The van der Waals surface area contributed by atoms with Crippen molar-refractivity contribution in [2.75, 3.05) is 26.2 Å². The molecule has 2 aromatic carbocycles. The molecule has 0 aliphatic carbocycles. The lowest BCUT2D eigenvalue weighted by molar-refractivity contribution is 0.0758. The van der Waals surface area contributed by atoms with Gasteiger partial charge in [-0.15, -0.1) is 0 Å². The topological polar surface area (TPSA) is 32.7 Å². The van der Waals surface area contributed by atoms with Crippen LogP contribution in [0.15, 0.2) is 54.6 Å². The smallest absolute Gasteiger partial charge is 0.119 e. The Balaban J connectivity index is 1.56. The van der Waals surface area contributed by atoms with Crippen molar-refractivity contribution in [2.45, 2.75) is 38.2 Å². The van der Waals surface area contributed by atoms with E-state index in [0.717, 1.165) is 18.8 Å². The normalized spacial score (nSPS) is 16.8. The molecule has 3 rings (SSSR count). The Labute approximate surface area is 151 Å². The summed E-state index contributed by atoms with van der Waals surface area (Å²) in [6.45, 7) is 7.72. The van der Waals surface area contributed by atoms with Crippen LogP contribution in [0.5, 0.6) is 5.75 Å². The third-order valence-electron chi connectivity index (χ3n) is 5.18. The lowest BCUT2D eigenvalue weighted by Crippen LogP contribution is -2.33. The predicted octanol–water partition coefficient (Wildman–Crippen LogP) is 3.85. The Morgan fingerprint density at radius 2 is 1.56 bits per heavy atom. The maximum absolute atomic E-state index is 10.1. The molecular weight excluding hydrogens is 310 g/mol. The standard InChI is InChI=1S/C22H29NO2/c1-22(2,18-8-4-3-5-9-18)19-10-12-21(13-11-19)25-17-20(24)16-23-14-6-7-15-23/h3-5,8-13,20,24H,6-7,14-17H2,1-2H3/t20-/m0/s1. The van der Waals surface area contributed by atoms with Crippen LogP contribution in [0.2, 0.25) is 0 Å². The van der Waals surface area contributed by atoms with Crippen molar-refractivity contribution in [1.29, 1.82) is 0 Å². The number of aliphatic hydroxyl groups excluding tert-OH is 1. The molecule has 0 aromatic heterocycles. The molecule has 1 aliphatic heterocycles. The molecule has 0 saturated carbocycles. The minimum absolute atomic E-state index is 0.0466. The second-order valence-electron chi connectivity index (χ2n) is 7.49. The Hall–Kier alpha value is -1.84. The van der Waals surface area contributed by atoms with Gasteiger partial charge in [-0.1, -0.05) is 56.3 Å². The molecular formula is C22H29NO2. The fourth-order valence-electron chi connectivity index (χ4n) is 3.50. The highest BCUT2D eigenvalue weighted by Crippen LogP contribution is 2.32. The molecule has 0 bridgehead atoms. The summed E-state index contributed by atoms with van der Waals surface area (Å²) in [5, 5.41) is 10.1. The summed E-state index contributed by atoms with van der Waals surface area (Å²) in [7, 11) is 0. The van der Waals surface area contributed by atoms with Crippen molar-refractivity contribution in [3.05, 3.63) is 65.7 Å². The molecule has 2 aromatic rings. The SMILES string of the molecule is CC(C)(c1ccccc1)c1ccc(OC[C@@H](O)CN2CCCC2)cc1.